The van der Waals surface area contributed by atoms with Crippen molar-refractivity contribution < 1.29 is 18.0 Å². The van der Waals surface area contributed by atoms with Crippen molar-refractivity contribution in [3.63, 3.8) is 0 Å². The number of hydrogen-bond acceptors (Lipinski definition) is 6. The van der Waals surface area contributed by atoms with E-state index in [2.05, 4.69) is 20.9 Å². The van der Waals surface area contributed by atoms with Crippen molar-refractivity contribution in [1.82, 2.24) is 20.2 Å². The van der Waals surface area contributed by atoms with Crippen LogP contribution in [0, 0.1) is 22.9 Å². The molecule has 0 radical (unpaired) electrons. The van der Waals surface area contributed by atoms with Crippen LogP contribution in [0.5, 0.6) is 0 Å². The topological polar surface area (TPSA) is 176 Å². The van der Waals surface area contributed by atoms with Crippen LogP contribution >= 0.6 is 0 Å². The van der Waals surface area contributed by atoms with E-state index in [0.717, 1.165) is 32.2 Å². The molecule has 2 aromatic rings. The van der Waals surface area contributed by atoms with Crippen LogP contribution in [0.25, 0.3) is 0 Å². The molecule has 11 nitrogen and oxygen atoms in total. The van der Waals surface area contributed by atoms with Crippen molar-refractivity contribution in [1.29, 1.82) is 5.41 Å². The van der Waals surface area contributed by atoms with Crippen molar-refractivity contribution in [3.8, 4) is 0 Å². The van der Waals surface area contributed by atoms with Gasteiger partial charge in [0, 0.05) is 37.5 Å². The number of amides is 2. The van der Waals surface area contributed by atoms with Crippen LogP contribution < -0.4 is 38.4 Å². The number of halogens is 3. The number of urea groups is 1. The van der Waals surface area contributed by atoms with Gasteiger partial charge in [0.25, 0.3) is 0 Å². The Morgan fingerprint density at radius 1 is 1.06 bits per heavy atom. The van der Waals surface area contributed by atoms with E-state index in [-0.39, 0.29) is 17.8 Å². The first-order valence-corrected chi connectivity index (χ1v) is 11.5. The smallest absolute Gasteiger partial charge is 0.349 e. The highest BCUT2D eigenvalue weighted by Gasteiger charge is 2.13. The molecule has 9 N–H and O–H groups in total. The Labute approximate surface area is 206 Å². The van der Waals surface area contributed by atoms with E-state index in [9.17, 15) is 22.8 Å². The Hall–Kier alpha value is -3.65. The van der Waals surface area contributed by atoms with Gasteiger partial charge in [-0.15, -0.1) is 0 Å². The van der Waals surface area contributed by atoms with E-state index in [0.29, 0.717) is 38.2 Å². The number of nitrogens with one attached hydrogen (secondary N) is 5. The highest BCUT2D eigenvalue weighted by molar-refractivity contribution is 5.99. The summed E-state index contributed by atoms with van der Waals surface area (Å²) in [5.74, 6) is -4.01. The van der Waals surface area contributed by atoms with Gasteiger partial charge in [-0.3, -0.25) is 15.3 Å². The zero-order chi connectivity index (χ0) is 26.5. The maximum absolute atomic E-state index is 13.7. The molecule has 14 heteroatoms. The lowest BCUT2D eigenvalue weighted by molar-refractivity contribution is 0.262. The minimum absolute atomic E-state index is 0.0681. The third-order valence-electron chi connectivity index (χ3n) is 5.18. The largest absolute Gasteiger partial charge is 0.370 e. The first-order valence-electron chi connectivity index (χ1n) is 11.5. The molecule has 1 heterocycles. The highest BCUT2D eigenvalue weighted by atomic mass is 19.2. The first-order chi connectivity index (χ1) is 17.2. The summed E-state index contributed by atoms with van der Waals surface area (Å²) in [6.45, 7) is 2.36. The lowest BCUT2D eigenvalue weighted by Gasteiger charge is -2.19. The highest BCUT2D eigenvalue weighted by Crippen LogP contribution is 2.18. The van der Waals surface area contributed by atoms with E-state index in [1.165, 1.54) is 16.8 Å². The van der Waals surface area contributed by atoms with Crippen LogP contribution in [-0.4, -0.2) is 47.2 Å². The Bertz CT molecular complexity index is 1080. The number of carbonyl (C=O) groups is 1. The normalized spacial score (nSPS) is 11.7. The molecule has 0 spiro atoms. The average Bonchev–Trinajstić information content (AvgIpc) is 2.81. The second-order valence-corrected chi connectivity index (χ2v) is 8.03. The Balaban J connectivity index is 1.87. The van der Waals surface area contributed by atoms with Gasteiger partial charge in [0.15, 0.2) is 17.6 Å². The molecule has 0 bridgehead atoms. The lowest BCUT2D eigenvalue weighted by atomic mass is 10.1. The predicted molar refractivity (Wildman–Crippen MR) is 131 cm³/mol. The number of rotatable bonds is 14. The summed E-state index contributed by atoms with van der Waals surface area (Å²) in [5, 5.41) is 17.7. The molecule has 198 valence electrons. The van der Waals surface area contributed by atoms with Gasteiger partial charge in [0.05, 0.1) is 5.69 Å². The fraction of sp³-hybridized carbons (Fsp3) is 0.455. The van der Waals surface area contributed by atoms with Gasteiger partial charge in [-0.05, 0) is 51.3 Å². The molecule has 1 atom stereocenters. The summed E-state index contributed by atoms with van der Waals surface area (Å²) in [7, 11) is 0. The monoisotopic (exact) mass is 511 g/mol. The molecule has 0 fully saturated rings. The van der Waals surface area contributed by atoms with Gasteiger partial charge in [-0.25, -0.2) is 22.8 Å². The molecule has 1 aromatic heterocycles. The molecule has 0 aliphatic rings. The van der Waals surface area contributed by atoms with Gasteiger partial charge in [-0.1, -0.05) is 0 Å². The van der Waals surface area contributed by atoms with Gasteiger partial charge in [0.2, 0.25) is 0 Å². The van der Waals surface area contributed by atoms with Gasteiger partial charge in [-0.2, -0.15) is 4.98 Å². The van der Waals surface area contributed by atoms with Crippen LogP contribution in [0.2, 0.25) is 0 Å². The fourth-order valence-electron chi connectivity index (χ4n) is 3.39. The number of guanidine groups is 1. The van der Waals surface area contributed by atoms with Crippen molar-refractivity contribution in [2.75, 3.05) is 30.3 Å². The first kappa shape index (κ1) is 28.6. The summed E-state index contributed by atoms with van der Waals surface area (Å²) in [6.07, 6.45) is 5.46. The number of nitrogens with two attached hydrogens (primary N) is 2. The van der Waals surface area contributed by atoms with Crippen molar-refractivity contribution in [2.45, 2.75) is 44.7 Å². The summed E-state index contributed by atoms with van der Waals surface area (Å²) in [6, 6.07) is 1.44. The van der Waals surface area contributed by atoms with E-state index >= 15 is 0 Å². The molecular weight excluding hydrogens is 479 g/mol. The molecule has 0 aliphatic heterocycles. The van der Waals surface area contributed by atoms with E-state index < -0.39 is 34.9 Å². The molecule has 2 rings (SSSR count). The zero-order valence-electron chi connectivity index (χ0n) is 19.8. The molecule has 0 unspecified atom stereocenters. The number of hydrogen-bond donors (Lipinski definition) is 7. The summed E-state index contributed by atoms with van der Waals surface area (Å²) in [5.41, 5.74) is 9.69. The maximum Gasteiger partial charge on any atom is 0.349 e. The third-order valence-corrected chi connectivity index (χ3v) is 5.18. The molecule has 0 aliphatic carbocycles. The second kappa shape index (κ2) is 14.7. The minimum Gasteiger partial charge on any atom is -0.370 e. The number of carbonyl (C=O) groups excluding carboxylic acids is 1. The molecule has 1 aromatic carbocycles. The molecule has 2 amide bonds. The van der Waals surface area contributed by atoms with Crippen LogP contribution in [0.1, 0.15) is 32.1 Å². The summed E-state index contributed by atoms with van der Waals surface area (Å²) in [4.78, 5) is 28.2. The summed E-state index contributed by atoms with van der Waals surface area (Å²) >= 11 is 0. The Kier molecular flexibility index (Phi) is 11.7. The van der Waals surface area contributed by atoms with E-state index in [1.54, 1.807) is 0 Å². The third kappa shape index (κ3) is 9.92. The standard InChI is InChI=1S/C22H32F3N9O2/c23-15-12-17(25)18(13-16(15)24)31-21(35)32-19-6-11-34(22(36)33-19)10-2-5-14(29-9-3-7-26)4-1-8-30-20(27)28/h6,11-14,29H,1-5,7-10,26H2,(H4,27,28,30)(H2,31,32,33,35,36)/t14-/m0/s1. The molecule has 36 heavy (non-hydrogen) atoms. The van der Waals surface area contributed by atoms with E-state index in [1.807, 2.05) is 5.32 Å². The van der Waals surface area contributed by atoms with E-state index in [4.69, 9.17) is 16.9 Å². The minimum atomic E-state index is -1.38. The van der Waals surface area contributed by atoms with Crippen LogP contribution in [-0.2, 0) is 6.54 Å². The van der Waals surface area contributed by atoms with Gasteiger partial charge >= 0.3 is 11.7 Å². The average molecular weight is 512 g/mol. The quantitative estimate of drug-likeness (QED) is 0.0873. The van der Waals surface area contributed by atoms with Gasteiger partial charge < -0.3 is 27.4 Å². The summed E-state index contributed by atoms with van der Waals surface area (Å²) < 4.78 is 41.4. The number of nitrogens with zero attached hydrogens (tertiary/aromatic N) is 2. The van der Waals surface area contributed by atoms with Crippen molar-refractivity contribution in [2.24, 2.45) is 11.5 Å². The molecular formula is C22H32F3N9O2. The molecule has 0 saturated carbocycles. The van der Waals surface area contributed by atoms with Crippen molar-refractivity contribution in [3.05, 3.63) is 52.3 Å². The number of aromatic nitrogens is 2. The Morgan fingerprint density at radius 3 is 2.47 bits per heavy atom. The van der Waals surface area contributed by atoms with Crippen LogP contribution in [0.3, 0.4) is 0 Å². The predicted octanol–water partition coefficient (Wildman–Crippen LogP) is 1.66. The Morgan fingerprint density at radius 2 is 1.78 bits per heavy atom. The SMILES string of the molecule is N=C(N)NCCC[C@@H](CCCn1ccc(NC(=O)Nc2cc(F)c(F)cc2F)nc1=O)NCCCN. The van der Waals surface area contributed by atoms with Crippen molar-refractivity contribution >= 4 is 23.5 Å². The van der Waals surface area contributed by atoms with Crippen LogP contribution in [0.4, 0.5) is 29.5 Å². The zero-order valence-corrected chi connectivity index (χ0v) is 19.8. The van der Waals surface area contributed by atoms with Crippen LogP contribution in [0.15, 0.2) is 29.2 Å². The number of benzene rings is 1. The maximum atomic E-state index is 13.7. The van der Waals surface area contributed by atoms with Gasteiger partial charge in [0.1, 0.15) is 11.6 Å². The lowest BCUT2D eigenvalue weighted by Crippen LogP contribution is -2.34. The molecule has 0 saturated heterocycles. The number of aryl methyl sites for hydroxylation is 1. The number of anilines is 2. The fourth-order valence-corrected chi connectivity index (χ4v) is 3.39. The second-order valence-electron chi connectivity index (χ2n) is 8.03.